The van der Waals surface area contributed by atoms with Crippen LogP contribution in [0.25, 0.3) is 11.0 Å². The van der Waals surface area contributed by atoms with E-state index in [1.54, 1.807) is 12.4 Å². The van der Waals surface area contributed by atoms with Crippen LogP contribution in [0.2, 0.25) is 0 Å². The van der Waals surface area contributed by atoms with Gasteiger partial charge >= 0.3 is 6.09 Å². The van der Waals surface area contributed by atoms with Gasteiger partial charge in [0.05, 0.1) is 0 Å². The Morgan fingerprint density at radius 2 is 2.26 bits per heavy atom. The number of hydrogen-bond acceptors (Lipinski definition) is 4. The molecule has 6 heteroatoms. The van der Waals surface area contributed by atoms with E-state index in [0.717, 1.165) is 17.2 Å². The van der Waals surface area contributed by atoms with Crippen LogP contribution in [0, 0.1) is 11.8 Å². The Morgan fingerprint density at radius 3 is 2.96 bits per heavy atom. The van der Waals surface area contributed by atoms with Crippen molar-refractivity contribution < 1.29 is 14.3 Å². The SMILES string of the molecule is CC(C)(C)OC(=O)NCCC#Cc1cnc2[nH]cc(C=O)c2c1. The molecule has 0 aliphatic rings. The van der Waals surface area contributed by atoms with Gasteiger partial charge in [-0.3, -0.25) is 4.79 Å². The number of aldehydes is 1. The van der Waals surface area contributed by atoms with E-state index in [4.69, 9.17) is 4.74 Å². The van der Waals surface area contributed by atoms with Crippen molar-refractivity contribution in [2.75, 3.05) is 6.54 Å². The van der Waals surface area contributed by atoms with Crippen LogP contribution in [0.4, 0.5) is 4.79 Å². The van der Waals surface area contributed by atoms with Gasteiger partial charge in [0.1, 0.15) is 11.2 Å². The van der Waals surface area contributed by atoms with Crippen molar-refractivity contribution in [3.05, 3.63) is 29.6 Å². The maximum absolute atomic E-state index is 11.5. The molecule has 2 heterocycles. The number of ether oxygens (including phenoxy) is 1. The highest BCUT2D eigenvalue weighted by Gasteiger charge is 2.15. The lowest BCUT2D eigenvalue weighted by molar-refractivity contribution is 0.0529. The number of alkyl carbamates (subject to hydrolysis) is 1. The van der Waals surface area contributed by atoms with Crippen molar-refractivity contribution in [2.45, 2.75) is 32.8 Å². The molecule has 2 aromatic heterocycles. The van der Waals surface area contributed by atoms with Gasteiger partial charge in [-0.2, -0.15) is 0 Å². The fraction of sp³-hybridized carbons (Fsp3) is 0.353. The van der Waals surface area contributed by atoms with E-state index in [0.29, 0.717) is 24.2 Å². The summed E-state index contributed by atoms with van der Waals surface area (Å²) in [5, 5.41) is 3.39. The van der Waals surface area contributed by atoms with E-state index >= 15 is 0 Å². The Kier molecular flexibility index (Phi) is 5.02. The molecule has 0 atom stereocenters. The second kappa shape index (κ2) is 6.97. The standard InChI is InChI=1S/C17H19N3O3/c1-17(2,3)23-16(22)18-7-5-4-6-12-8-14-13(11-21)10-20-15(14)19-9-12/h8-11H,5,7H2,1-3H3,(H,18,22)(H,19,20). The highest BCUT2D eigenvalue weighted by Crippen LogP contribution is 2.15. The predicted molar refractivity (Wildman–Crippen MR) is 87.2 cm³/mol. The molecule has 2 aromatic rings. The lowest BCUT2D eigenvalue weighted by Gasteiger charge is -2.19. The number of fused-ring (bicyclic) bond motifs is 1. The first-order valence-corrected chi connectivity index (χ1v) is 7.27. The van der Waals surface area contributed by atoms with E-state index in [1.165, 1.54) is 0 Å². The zero-order valence-electron chi connectivity index (χ0n) is 13.4. The second-order valence-corrected chi connectivity index (χ2v) is 5.96. The number of nitrogens with zero attached hydrogens (tertiary/aromatic N) is 1. The number of carbonyl (C=O) groups is 2. The molecule has 0 aromatic carbocycles. The van der Waals surface area contributed by atoms with Crippen LogP contribution in [0.15, 0.2) is 18.5 Å². The lowest BCUT2D eigenvalue weighted by Crippen LogP contribution is -2.32. The predicted octanol–water partition coefficient (Wildman–Crippen LogP) is 2.64. The van der Waals surface area contributed by atoms with Crippen molar-refractivity contribution in [3.63, 3.8) is 0 Å². The molecule has 0 saturated carbocycles. The molecule has 0 spiro atoms. The molecule has 0 saturated heterocycles. The minimum Gasteiger partial charge on any atom is -0.444 e. The van der Waals surface area contributed by atoms with Gasteiger partial charge in [0.25, 0.3) is 0 Å². The Labute approximate surface area is 134 Å². The molecular formula is C17H19N3O3. The molecule has 0 aliphatic heterocycles. The molecule has 2 rings (SSSR count). The van der Waals surface area contributed by atoms with Gasteiger partial charge in [0.2, 0.25) is 0 Å². The first-order valence-electron chi connectivity index (χ1n) is 7.27. The minimum atomic E-state index is -0.510. The molecule has 6 nitrogen and oxygen atoms in total. The van der Waals surface area contributed by atoms with Crippen LogP contribution in [0.3, 0.4) is 0 Å². The fourth-order valence-corrected chi connectivity index (χ4v) is 1.90. The van der Waals surface area contributed by atoms with Gasteiger partial charge in [-0.15, -0.1) is 0 Å². The van der Waals surface area contributed by atoms with Gasteiger partial charge in [-0.25, -0.2) is 9.78 Å². The summed E-state index contributed by atoms with van der Waals surface area (Å²) in [5.41, 5.74) is 1.42. The summed E-state index contributed by atoms with van der Waals surface area (Å²) < 4.78 is 5.12. The van der Waals surface area contributed by atoms with Gasteiger partial charge in [0, 0.05) is 41.9 Å². The van der Waals surface area contributed by atoms with Crippen LogP contribution in [-0.4, -0.2) is 34.5 Å². The van der Waals surface area contributed by atoms with Crippen LogP contribution in [-0.2, 0) is 4.74 Å². The molecule has 0 radical (unpaired) electrons. The third-order valence-electron chi connectivity index (χ3n) is 2.84. The summed E-state index contributed by atoms with van der Waals surface area (Å²) in [4.78, 5) is 29.5. The zero-order chi connectivity index (χ0) is 16.9. The molecule has 0 bridgehead atoms. The lowest BCUT2D eigenvalue weighted by atomic mass is 10.2. The van der Waals surface area contributed by atoms with E-state index < -0.39 is 11.7 Å². The van der Waals surface area contributed by atoms with Crippen molar-refractivity contribution in [2.24, 2.45) is 0 Å². The van der Waals surface area contributed by atoms with Crippen molar-refractivity contribution in [3.8, 4) is 11.8 Å². The minimum absolute atomic E-state index is 0.404. The Bertz CT molecular complexity index is 776. The molecule has 0 unspecified atom stereocenters. The first kappa shape index (κ1) is 16.6. The molecular weight excluding hydrogens is 294 g/mol. The summed E-state index contributed by atoms with van der Waals surface area (Å²) in [7, 11) is 0. The van der Waals surface area contributed by atoms with Crippen LogP contribution >= 0.6 is 0 Å². The topological polar surface area (TPSA) is 84.1 Å². The molecule has 0 aliphatic carbocycles. The Balaban J connectivity index is 1.90. The number of carbonyl (C=O) groups excluding carboxylic acids is 2. The highest BCUT2D eigenvalue weighted by atomic mass is 16.6. The summed E-state index contributed by atoms with van der Waals surface area (Å²) >= 11 is 0. The van der Waals surface area contributed by atoms with Gasteiger partial charge in [-0.1, -0.05) is 11.8 Å². The van der Waals surface area contributed by atoms with E-state index in [2.05, 4.69) is 27.1 Å². The summed E-state index contributed by atoms with van der Waals surface area (Å²) in [6.45, 7) is 5.83. The van der Waals surface area contributed by atoms with Gasteiger partial charge in [0.15, 0.2) is 6.29 Å². The number of aromatic amines is 1. The maximum Gasteiger partial charge on any atom is 0.407 e. The maximum atomic E-state index is 11.5. The quantitative estimate of drug-likeness (QED) is 0.518. The molecule has 120 valence electrons. The first-order chi connectivity index (χ1) is 10.9. The number of rotatable bonds is 3. The van der Waals surface area contributed by atoms with Gasteiger partial charge in [-0.05, 0) is 26.8 Å². The van der Waals surface area contributed by atoms with Crippen LogP contribution in [0.1, 0.15) is 43.1 Å². The molecule has 0 fully saturated rings. The largest absolute Gasteiger partial charge is 0.444 e. The smallest absolute Gasteiger partial charge is 0.407 e. The van der Waals surface area contributed by atoms with Crippen molar-refractivity contribution in [1.29, 1.82) is 0 Å². The van der Waals surface area contributed by atoms with E-state index in [1.807, 2.05) is 26.8 Å². The van der Waals surface area contributed by atoms with Crippen molar-refractivity contribution >= 4 is 23.4 Å². The van der Waals surface area contributed by atoms with Crippen molar-refractivity contribution in [1.82, 2.24) is 15.3 Å². The Hall–Kier alpha value is -2.81. The Morgan fingerprint density at radius 1 is 1.48 bits per heavy atom. The molecule has 2 N–H and O–H groups in total. The summed E-state index contributed by atoms with van der Waals surface area (Å²) in [5.74, 6) is 5.92. The number of nitrogens with one attached hydrogen (secondary N) is 2. The third-order valence-corrected chi connectivity index (χ3v) is 2.84. The third kappa shape index (κ3) is 4.85. The molecule has 23 heavy (non-hydrogen) atoms. The second-order valence-electron chi connectivity index (χ2n) is 5.96. The summed E-state index contributed by atoms with van der Waals surface area (Å²) in [6.07, 6.45) is 4.08. The number of H-pyrrole nitrogens is 1. The average molecular weight is 313 g/mol. The fourth-order valence-electron chi connectivity index (χ4n) is 1.90. The normalized spacial score (nSPS) is 10.7. The van der Waals surface area contributed by atoms with E-state index in [-0.39, 0.29) is 0 Å². The number of amides is 1. The number of pyridine rings is 1. The average Bonchev–Trinajstić information content (AvgIpc) is 2.87. The van der Waals surface area contributed by atoms with Gasteiger partial charge < -0.3 is 15.0 Å². The zero-order valence-corrected chi connectivity index (χ0v) is 13.4. The molecule has 1 amide bonds. The number of hydrogen-bond donors (Lipinski definition) is 2. The monoisotopic (exact) mass is 313 g/mol. The van der Waals surface area contributed by atoms with E-state index in [9.17, 15) is 9.59 Å². The highest BCUT2D eigenvalue weighted by molar-refractivity contribution is 5.96. The number of aromatic nitrogens is 2. The van der Waals surface area contributed by atoms with Crippen LogP contribution < -0.4 is 5.32 Å². The van der Waals surface area contributed by atoms with Crippen LogP contribution in [0.5, 0.6) is 0 Å². The summed E-state index contributed by atoms with van der Waals surface area (Å²) in [6, 6.07) is 1.82.